The van der Waals surface area contributed by atoms with Gasteiger partial charge in [0.05, 0.1) is 17.5 Å². The third-order valence-electron chi connectivity index (χ3n) is 3.30. The van der Waals surface area contributed by atoms with Gasteiger partial charge in [0, 0.05) is 0 Å². The van der Waals surface area contributed by atoms with Crippen LogP contribution in [0.2, 0.25) is 0 Å². The molecule has 1 aliphatic carbocycles. The quantitative estimate of drug-likeness (QED) is 0.920. The molecule has 2 N–H and O–H groups in total. The number of hydrogen-bond acceptors (Lipinski definition) is 3. The summed E-state index contributed by atoms with van der Waals surface area (Å²) < 4.78 is 44.6. The molecule has 0 saturated heterocycles. The number of hydrogen-bond donors (Lipinski definition) is 1. The number of nitrogens with two attached hydrogens (primary N) is 1. The number of ether oxygens (including phenoxy) is 1. The van der Waals surface area contributed by atoms with Gasteiger partial charge in [-0.05, 0) is 37.8 Å². The second-order valence-electron chi connectivity index (χ2n) is 4.94. The van der Waals surface area contributed by atoms with Crippen LogP contribution in [0.15, 0.2) is 18.7 Å². The van der Waals surface area contributed by atoms with E-state index in [-0.39, 0.29) is 23.2 Å². The Morgan fingerprint density at radius 3 is 2.45 bits per heavy atom. The maximum absolute atomic E-state index is 13.0. The Bertz CT molecular complexity index is 494. The molecular formula is C14H17F3N2O. The fourth-order valence-electron chi connectivity index (χ4n) is 2.29. The van der Waals surface area contributed by atoms with Crippen molar-refractivity contribution in [3.05, 3.63) is 30.1 Å². The van der Waals surface area contributed by atoms with Gasteiger partial charge in [-0.15, -0.1) is 0 Å². The van der Waals surface area contributed by atoms with Crippen LogP contribution in [0.4, 0.5) is 13.2 Å². The van der Waals surface area contributed by atoms with Crippen molar-refractivity contribution >= 4 is 5.70 Å². The van der Waals surface area contributed by atoms with E-state index in [4.69, 9.17) is 10.5 Å². The molecule has 1 aliphatic rings. The topological polar surface area (TPSA) is 48.1 Å². The molecule has 6 heteroatoms. The third-order valence-corrected chi connectivity index (χ3v) is 3.30. The summed E-state index contributed by atoms with van der Waals surface area (Å²) in [7, 11) is 0. The van der Waals surface area contributed by atoms with Gasteiger partial charge >= 0.3 is 6.18 Å². The third kappa shape index (κ3) is 3.43. The summed E-state index contributed by atoms with van der Waals surface area (Å²) in [5.74, 6) is -0.227. The first kappa shape index (κ1) is 14.7. The molecule has 1 aromatic heterocycles. The largest absolute Gasteiger partial charge is 0.488 e. The van der Waals surface area contributed by atoms with Crippen molar-refractivity contribution in [3.8, 4) is 5.75 Å². The van der Waals surface area contributed by atoms with Gasteiger partial charge in [0.2, 0.25) is 0 Å². The highest BCUT2D eigenvalue weighted by Crippen LogP contribution is 2.36. The average molecular weight is 286 g/mol. The Labute approximate surface area is 115 Å². The van der Waals surface area contributed by atoms with Crippen molar-refractivity contribution < 1.29 is 17.9 Å². The maximum atomic E-state index is 13.0. The Balaban J connectivity index is 2.28. The predicted octanol–water partition coefficient (Wildman–Crippen LogP) is 3.74. The summed E-state index contributed by atoms with van der Waals surface area (Å²) in [5.41, 5.74) is 4.38. The standard InChI is InChI=1S/C14H17F3N2O/c1-9(18)11-7-8-12(13(19-11)14(15,16)17)20-10-5-3-2-4-6-10/h7-8,10H,1-6,18H2. The lowest BCUT2D eigenvalue weighted by molar-refractivity contribution is -0.143. The van der Waals surface area contributed by atoms with Crippen LogP contribution in [0.3, 0.4) is 0 Å². The number of alkyl halides is 3. The number of halogens is 3. The van der Waals surface area contributed by atoms with Crippen molar-refractivity contribution in [2.75, 3.05) is 0 Å². The van der Waals surface area contributed by atoms with Crippen LogP contribution in [0.25, 0.3) is 5.70 Å². The number of nitrogens with zero attached hydrogens (tertiary/aromatic N) is 1. The van der Waals surface area contributed by atoms with Crippen molar-refractivity contribution in [2.24, 2.45) is 5.73 Å². The maximum Gasteiger partial charge on any atom is 0.437 e. The lowest BCUT2D eigenvalue weighted by atomic mass is 9.98. The fraction of sp³-hybridized carbons (Fsp3) is 0.500. The van der Waals surface area contributed by atoms with Crippen LogP contribution in [-0.2, 0) is 6.18 Å². The zero-order valence-corrected chi connectivity index (χ0v) is 11.0. The van der Waals surface area contributed by atoms with Gasteiger partial charge in [-0.1, -0.05) is 13.0 Å². The highest BCUT2D eigenvalue weighted by atomic mass is 19.4. The van der Waals surface area contributed by atoms with E-state index in [1.165, 1.54) is 12.1 Å². The molecule has 3 nitrogen and oxygen atoms in total. The minimum atomic E-state index is -4.57. The van der Waals surface area contributed by atoms with Crippen molar-refractivity contribution in [1.29, 1.82) is 0 Å². The molecule has 1 heterocycles. The summed E-state index contributed by atoms with van der Waals surface area (Å²) in [6, 6.07) is 2.67. The van der Waals surface area contributed by atoms with Crippen molar-refractivity contribution in [2.45, 2.75) is 44.4 Å². The summed E-state index contributed by atoms with van der Waals surface area (Å²) in [4.78, 5) is 3.53. The van der Waals surface area contributed by atoms with Crippen LogP contribution in [0.1, 0.15) is 43.5 Å². The highest BCUT2D eigenvalue weighted by molar-refractivity contribution is 5.57. The smallest absolute Gasteiger partial charge is 0.437 e. The zero-order valence-electron chi connectivity index (χ0n) is 11.0. The minimum absolute atomic E-state index is 0.000263. The molecule has 0 aliphatic heterocycles. The molecule has 0 radical (unpaired) electrons. The molecule has 1 aromatic rings. The molecule has 1 fully saturated rings. The van der Waals surface area contributed by atoms with Crippen LogP contribution in [0.5, 0.6) is 5.75 Å². The summed E-state index contributed by atoms with van der Waals surface area (Å²) in [6.45, 7) is 3.40. The molecule has 110 valence electrons. The van der Waals surface area contributed by atoms with Crippen LogP contribution in [-0.4, -0.2) is 11.1 Å². The van der Waals surface area contributed by atoms with Crippen molar-refractivity contribution in [3.63, 3.8) is 0 Å². The SMILES string of the molecule is C=C(N)c1ccc(OC2CCCCC2)c(C(F)(F)F)n1. The second kappa shape index (κ2) is 5.73. The predicted molar refractivity (Wildman–Crippen MR) is 70.0 cm³/mol. The first-order valence-corrected chi connectivity index (χ1v) is 6.57. The molecule has 0 amide bonds. The Morgan fingerprint density at radius 1 is 1.25 bits per heavy atom. The Morgan fingerprint density at radius 2 is 1.90 bits per heavy atom. The van der Waals surface area contributed by atoms with E-state index in [1.54, 1.807) is 0 Å². The van der Waals surface area contributed by atoms with E-state index in [0.29, 0.717) is 0 Å². The average Bonchev–Trinajstić information content (AvgIpc) is 2.39. The van der Waals surface area contributed by atoms with Gasteiger partial charge in [-0.2, -0.15) is 13.2 Å². The lowest BCUT2D eigenvalue weighted by Gasteiger charge is -2.24. The zero-order chi connectivity index (χ0) is 14.8. The van der Waals surface area contributed by atoms with Gasteiger partial charge < -0.3 is 10.5 Å². The number of pyridine rings is 1. The summed E-state index contributed by atoms with van der Waals surface area (Å²) in [6.07, 6.45) is -0.107. The van der Waals surface area contributed by atoms with Crippen LogP contribution in [0, 0.1) is 0 Å². The lowest BCUT2D eigenvalue weighted by Crippen LogP contribution is -2.22. The van der Waals surface area contributed by atoms with Gasteiger partial charge in [-0.25, -0.2) is 4.98 Å². The first-order valence-electron chi connectivity index (χ1n) is 6.57. The fourth-order valence-corrected chi connectivity index (χ4v) is 2.29. The van der Waals surface area contributed by atoms with Gasteiger partial charge in [0.15, 0.2) is 11.4 Å². The first-order chi connectivity index (χ1) is 9.38. The van der Waals surface area contributed by atoms with Crippen LogP contribution < -0.4 is 10.5 Å². The summed E-state index contributed by atoms with van der Waals surface area (Å²) >= 11 is 0. The Kier molecular flexibility index (Phi) is 4.20. The van der Waals surface area contributed by atoms with E-state index in [2.05, 4.69) is 11.6 Å². The summed E-state index contributed by atoms with van der Waals surface area (Å²) in [5, 5.41) is 0. The van der Waals surface area contributed by atoms with E-state index in [1.807, 2.05) is 0 Å². The molecule has 0 atom stereocenters. The molecule has 0 spiro atoms. The molecule has 0 bridgehead atoms. The minimum Gasteiger partial charge on any atom is -0.488 e. The molecule has 0 unspecified atom stereocenters. The number of rotatable bonds is 3. The molecule has 1 saturated carbocycles. The van der Waals surface area contributed by atoms with Crippen molar-refractivity contribution in [1.82, 2.24) is 4.98 Å². The monoisotopic (exact) mass is 286 g/mol. The number of aromatic nitrogens is 1. The molecule has 20 heavy (non-hydrogen) atoms. The normalized spacial score (nSPS) is 16.9. The molecule has 2 rings (SSSR count). The van der Waals surface area contributed by atoms with E-state index < -0.39 is 11.9 Å². The van der Waals surface area contributed by atoms with Gasteiger partial charge in [0.1, 0.15) is 0 Å². The van der Waals surface area contributed by atoms with E-state index in [9.17, 15) is 13.2 Å². The molecule has 0 aromatic carbocycles. The Hall–Kier alpha value is -1.72. The highest BCUT2D eigenvalue weighted by Gasteiger charge is 2.37. The molecular weight excluding hydrogens is 269 g/mol. The second-order valence-corrected chi connectivity index (χ2v) is 4.94. The van der Waals surface area contributed by atoms with Gasteiger partial charge in [0.25, 0.3) is 0 Å². The van der Waals surface area contributed by atoms with Gasteiger partial charge in [-0.3, -0.25) is 0 Å². The van der Waals surface area contributed by atoms with E-state index >= 15 is 0 Å². The van der Waals surface area contributed by atoms with Crippen LogP contribution >= 0.6 is 0 Å². The van der Waals surface area contributed by atoms with E-state index in [0.717, 1.165) is 32.1 Å².